The molecule has 1 aromatic rings. The first-order valence-corrected chi connectivity index (χ1v) is 6.16. The van der Waals surface area contributed by atoms with Crippen LogP contribution < -0.4 is 16.0 Å². The van der Waals surface area contributed by atoms with Crippen LogP contribution in [0.25, 0.3) is 0 Å². The zero-order valence-electron chi connectivity index (χ0n) is 11.8. The van der Waals surface area contributed by atoms with Crippen molar-refractivity contribution in [1.29, 1.82) is 5.26 Å². The Morgan fingerprint density at radius 3 is 2.30 bits per heavy atom. The summed E-state index contributed by atoms with van der Waals surface area (Å²) in [5.41, 5.74) is 0.737. The predicted octanol–water partition coefficient (Wildman–Crippen LogP) is 1.59. The summed E-state index contributed by atoms with van der Waals surface area (Å²) in [6.45, 7) is 5.49. The van der Waals surface area contributed by atoms with Crippen LogP contribution in [0.2, 0.25) is 0 Å². The van der Waals surface area contributed by atoms with E-state index in [-0.39, 0.29) is 18.0 Å². The van der Waals surface area contributed by atoms with E-state index >= 15 is 0 Å². The molecule has 0 bridgehead atoms. The Labute approximate surface area is 118 Å². The van der Waals surface area contributed by atoms with E-state index in [0.717, 1.165) is 0 Å². The fourth-order valence-electron chi connectivity index (χ4n) is 1.43. The highest BCUT2D eigenvalue weighted by Crippen LogP contribution is 2.08. The minimum absolute atomic E-state index is 0.0978. The molecule has 0 spiro atoms. The Morgan fingerprint density at radius 2 is 1.80 bits per heavy atom. The van der Waals surface area contributed by atoms with E-state index in [4.69, 9.17) is 5.26 Å². The van der Waals surface area contributed by atoms with E-state index < -0.39 is 6.03 Å². The summed E-state index contributed by atoms with van der Waals surface area (Å²) < 4.78 is 0. The van der Waals surface area contributed by atoms with Gasteiger partial charge in [-0.15, -0.1) is 0 Å². The number of rotatable bonds is 3. The molecule has 0 aliphatic heterocycles. The molecule has 0 aromatic heterocycles. The summed E-state index contributed by atoms with van der Waals surface area (Å²) in [7, 11) is 0. The Bertz CT molecular complexity index is 524. The molecule has 0 aliphatic carbocycles. The Morgan fingerprint density at radius 1 is 1.20 bits per heavy atom. The molecule has 1 aromatic carbocycles. The number of carbonyl (C=O) groups excluding carboxylic acids is 2. The molecular weight excluding hydrogens is 256 g/mol. The second-order valence-electron chi connectivity index (χ2n) is 5.30. The molecule has 0 saturated heterocycles. The SMILES string of the molecule is CC(C)(C)NC(=O)CNC(=O)Nc1ccc(C#N)cc1. The Hall–Kier alpha value is -2.55. The van der Waals surface area contributed by atoms with Gasteiger partial charge in [0.05, 0.1) is 18.2 Å². The Kier molecular flexibility index (Phi) is 5.09. The highest BCUT2D eigenvalue weighted by Gasteiger charge is 2.14. The topological polar surface area (TPSA) is 94.0 Å². The van der Waals surface area contributed by atoms with Crippen molar-refractivity contribution in [2.24, 2.45) is 0 Å². The van der Waals surface area contributed by atoms with Gasteiger partial charge >= 0.3 is 6.03 Å². The summed E-state index contributed by atoms with van der Waals surface area (Å²) in [4.78, 5) is 23.1. The molecular formula is C14H18N4O2. The summed E-state index contributed by atoms with van der Waals surface area (Å²) in [6.07, 6.45) is 0. The van der Waals surface area contributed by atoms with Gasteiger partial charge in [-0.2, -0.15) is 5.26 Å². The van der Waals surface area contributed by atoms with Gasteiger partial charge in [-0.1, -0.05) is 0 Å². The molecule has 0 fully saturated rings. The largest absolute Gasteiger partial charge is 0.350 e. The van der Waals surface area contributed by atoms with Crippen molar-refractivity contribution in [3.8, 4) is 6.07 Å². The van der Waals surface area contributed by atoms with Gasteiger partial charge in [0.15, 0.2) is 0 Å². The van der Waals surface area contributed by atoms with Crippen LogP contribution in [0.3, 0.4) is 0 Å². The smallest absolute Gasteiger partial charge is 0.319 e. The zero-order chi connectivity index (χ0) is 15.2. The number of hydrogen-bond donors (Lipinski definition) is 3. The molecule has 106 valence electrons. The maximum absolute atomic E-state index is 11.6. The minimum atomic E-state index is -0.473. The van der Waals surface area contributed by atoms with Crippen LogP contribution in [0, 0.1) is 11.3 Å². The molecule has 3 N–H and O–H groups in total. The molecule has 6 heteroatoms. The second-order valence-corrected chi connectivity index (χ2v) is 5.30. The third-order valence-corrected chi connectivity index (χ3v) is 2.20. The third kappa shape index (κ3) is 5.87. The van der Waals surface area contributed by atoms with Crippen molar-refractivity contribution in [3.05, 3.63) is 29.8 Å². The van der Waals surface area contributed by atoms with Crippen LogP contribution in [0.4, 0.5) is 10.5 Å². The summed E-state index contributed by atoms with van der Waals surface area (Å²) in [5.74, 6) is -0.257. The maximum Gasteiger partial charge on any atom is 0.319 e. The number of carbonyl (C=O) groups is 2. The highest BCUT2D eigenvalue weighted by molar-refractivity contribution is 5.92. The molecule has 20 heavy (non-hydrogen) atoms. The maximum atomic E-state index is 11.6. The predicted molar refractivity (Wildman–Crippen MR) is 76.1 cm³/mol. The molecule has 0 atom stereocenters. The van der Waals surface area contributed by atoms with Crippen molar-refractivity contribution < 1.29 is 9.59 Å². The van der Waals surface area contributed by atoms with E-state index in [1.165, 1.54) is 0 Å². The standard InChI is InChI=1S/C14H18N4O2/c1-14(2,3)18-12(19)9-16-13(20)17-11-6-4-10(8-15)5-7-11/h4-7H,9H2,1-3H3,(H,18,19)(H2,16,17,20). The van der Waals surface area contributed by atoms with Gasteiger partial charge < -0.3 is 16.0 Å². The number of nitrogens with zero attached hydrogens (tertiary/aromatic N) is 1. The van der Waals surface area contributed by atoms with Gasteiger partial charge in [0.2, 0.25) is 5.91 Å². The lowest BCUT2D eigenvalue weighted by Gasteiger charge is -2.20. The fourth-order valence-corrected chi connectivity index (χ4v) is 1.43. The lowest BCUT2D eigenvalue weighted by Crippen LogP contribution is -2.46. The molecule has 0 unspecified atom stereocenters. The van der Waals surface area contributed by atoms with Crippen LogP contribution >= 0.6 is 0 Å². The molecule has 0 aliphatic rings. The summed E-state index contributed by atoms with van der Waals surface area (Å²) in [5, 5.41) is 16.4. The molecule has 3 amide bonds. The van der Waals surface area contributed by atoms with E-state index in [9.17, 15) is 9.59 Å². The van der Waals surface area contributed by atoms with Crippen molar-refractivity contribution >= 4 is 17.6 Å². The minimum Gasteiger partial charge on any atom is -0.350 e. The van der Waals surface area contributed by atoms with Crippen molar-refractivity contribution in [1.82, 2.24) is 10.6 Å². The Balaban J connectivity index is 2.40. The monoisotopic (exact) mass is 274 g/mol. The summed E-state index contributed by atoms with van der Waals surface area (Å²) >= 11 is 0. The fraction of sp³-hybridized carbons (Fsp3) is 0.357. The zero-order valence-corrected chi connectivity index (χ0v) is 11.8. The van der Waals surface area contributed by atoms with Crippen LogP contribution in [0.15, 0.2) is 24.3 Å². The number of amides is 3. The molecule has 0 heterocycles. The van der Waals surface area contributed by atoms with E-state index in [0.29, 0.717) is 11.3 Å². The number of anilines is 1. The van der Waals surface area contributed by atoms with Gasteiger partial charge in [-0.3, -0.25) is 4.79 Å². The number of nitrogens with one attached hydrogen (secondary N) is 3. The normalized spacial score (nSPS) is 10.3. The van der Waals surface area contributed by atoms with Crippen LogP contribution in [-0.4, -0.2) is 24.0 Å². The highest BCUT2D eigenvalue weighted by atomic mass is 16.2. The van der Waals surface area contributed by atoms with Crippen molar-refractivity contribution in [2.45, 2.75) is 26.3 Å². The van der Waals surface area contributed by atoms with Gasteiger partial charge in [0.25, 0.3) is 0 Å². The van der Waals surface area contributed by atoms with E-state index in [1.807, 2.05) is 26.8 Å². The quantitative estimate of drug-likeness (QED) is 0.781. The second kappa shape index (κ2) is 6.57. The van der Waals surface area contributed by atoms with Crippen LogP contribution in [-0.2, 0) is 4.79 Å². The molecule has 0 saturated carbocycles. The summed E-state index contributed by atoms with van der Waals surface area (Å²) in [6, 6.07) is 7.95. The van der Waals surface area contributed by atoms with Crippen LogP contribution in [0.1, 0.15) is 26.3 Å². The first-order valence-electron chi connectivity index (χ1n) is 6.16. The average molecular weight is 274 g/mol. The van der Waals surface area contributed by atoms with Gasteiger partial charge in [0.1, 0.15) is 0 Å². The van der Waals surface area contributed by atoms with Gasteiger partial charge in [-0.05, 0) is 45.0 Å². The van der Waals surface area contributed by atoms with Gasteiger partial charge in [0, 0.05) is 11.2 Å². The van der Waals surface area contributed by atoms with Gasteiger partial charge in [-0.25, -0.2) is 4.79 Å². The lowest BCUT2D eigenvalue weighted by atomic mass is 10.1. The average Bonchev–Trinajstić information content (AvgIpc) is 2.35. The lowest BCUT2D eigenvalue weighted by molar-refractivity contribution is -0.121. The van der Waals surface area contributed by atoms with Crippen LogP contribution in [0.5, 0.6) is 0 Å². The number of benzene rings is 1. The molecule has 0 radical (unpaired) electrons. The van der Waals surface area contributed by atoms with E-state index in [1.54, 1.807) is 24.3 Å². The number of hydrogen-bond acceptors (Lipinski definition) is 3. The number of urea groups is 1. The number of nitriles is 1. The first-order chi connectivity index (χ1) is 9.30. The molecule has 1 rings (SSSR count). The van der Waals surface area contributed by atoms with E-state index in [2.05, 4.69) is 16.0 Å². The van der Waals surface area contributed by atoms with Crippen molar-refractivity contribution in [3.63, 3.8) is 0 Å². The molecule has 6 nitrogen and oxygen atoms in total. The van der Waals surface area contributed by atoms with Crippen molar-refractivity contribution in [2.75, 3.05) is 11.9 Å². The third-order valence-electron chi connectivity index (χ3n) is 2.20. The first kappa shape index (κ1) is 15.5.